The number of aromatic nitrogens is 1. The summed E-state index contributed by atoms with van der Waals surface area (Å²) in [5.41, 5.74) is 5.06. The Hall–Kier alpha value is -2.16. The molecule has 2 aromatic rings. The van der Waals surface area contributed by atoms with Gasteiger partial charge >= 0.3 is 5.97 Å². The van der Waals surface area contributed by atoms with Gasteiger partial charge in [0, 0.05) is 16.7 Å². The number of fused-ring (bicyclic) bond motifs is 1. The number of carboxylic acid groups (broad SMARTS) is 1. The topological polar surface area (TPSA) is 50.2 Å². The highest BCUT2D eigenvalue weighted by atomic mass is 16.4. The first-order valence-electron chi connectivity index (χ1n) is 7.73. The molecule has 3 nitrogen and oxygen atoms in total. The monoisotopic (exact) mass is 295 g/mol. The van der Waals surface area contributed by atoms with Crippen LogP contribution in [0.15, 0.2) is 30.3 Å². The van der Waals surface area contributed by atoms with Crippen LogP contribution in [-0.4, -0.2) is 16.1 Å². The lowest BCUT2D eigenvalue weighted by Gasteiger charge is -2.32. The number of hydrogen-bond donors (Lipinski definition) is 1. The third kappa shape index (κ3) is 2.52. The van der Waals surface area contributed by atoms with Gasteiger partial charge in [-0.25, -0.2) is 4.79 Å². The summed E-state index contributed by atoms with van der Waals surface area (Å²) in [6.45, 7) is 6.40. The molecule has 114 valence electrons. The Bertz CT molecular complexity index is 730. The van der Waals surface area contributed by atoms with E-state index in [1.165, 1.54) is 0 Å². The fourth-order valence-electron chi connectivity index (χ4n) is 3.27. The summed E-state index contributed by atoms with van der Waals surface area (Å²) in [5.74, 6) is -0.908. The summed E-state index contributed by atoms with van der Waals surface area (Å²) < 4.78 is 0. The summed E-state index contributed by atoms with van der Waals surface area (Å²) in [7, 11) is 0. The Morgan fingerprint density at radius 3 is 2.55 bits per heavy atom. The van der Waals surface area contributed by atoms with Gasteiger partial charge in [0.1, 0.15) is 0 Å². The van der Waals surface area contributed by atoms with Crippen LogP contribution in [-0.2, 0) is 11.8 Å². The molecular formula is C19H21NO2. The van der Waals surface area contributed by atoms with E-state index in [9.17, 15) is 9.90 Å². The third-order valence-electron chi connectivity index (χ3n) is 4.55. The number of carboxylic acids is 1. The van der Waals surface area contributed by atoms with Crippen LogP contribution in [0.2, 0.25) is 0 Å². The first-order valence-corrected chi connectivity index (χ1v) is 7.73. The number of aryl methyl sites for hydroxylation is 2. The molecule has 1 N–H and O–H groups in total. The largest absolute Gasteiger partial charge is 0.478 e. The van der Waals surface area contributed by atoms with E-state index < -0.39 is 5.97 Å². The van der Waals surface area contributed by atoms with Gasteiger partial charge in [-0.15, -0.1) is 0 Å². The number of benzene rings is 1. The second kappa shape index (κ2) is 5.24. The van der Waals surface area contributed by atoms with Gasteiger partial charge in [-0.05, 0) is 37.8 Å². The quantitative estimate of drug-likeness (QED) is 0.895. The van der Waals surface area contributed by atoms with Crippen molar-refractivity contribution in [3.63, 3.8) is 0 Å². The summed E-state index contributed by atoms with van der Waals surface area (Å²) in [4.78, 5) is 16.5. The summed E-state index contributed by atoms with van der Waals surface area (Å²) in [5, 5.41) is 9.57. The van der Waals surface area contributed by atoms with Crippen molar-refractivity contribution in [3.05, 3.63) is 52.7 Å². The van der Waals surface area contributed by atoms with Gasteiger partial charge in [0.15, 0.2) is 0 Å². The average molecular weight is 295 g/mol. The predicted octanol–water partition coefficient (Wildman–Crippen LogP) is 4.37. The van der Waals surface area contributed by atoms with Crippen molar-refractivity contribution in [3.8, 4) is 11.3 Å². The third-order valence-corrected chi connectivity index (χ3v) is 4.55. The zero-order valence-electron chi connectivity index (χ0n) is 13.3. The first kappa shape index (κ1) is 14.8. The van der Waals surface area contributed by atoms with Gasteiger partial charge in [0.05, 0.1) is 11.3 Å². The maximum atomic E-state index is 11.7. The molecule has 1 aliphatic carbocycles. The van der Waals surface area contributed by atoms with Crippen molar-refractivity contribution in [2.45, 2.75) is 45.4 Å². The molecule has 1 heterocycles. The van der Waals surface area contributed by atoms with E-state index in [2.05, 4.69) is 13.8 Å². The van der Waals surface area contributed by atoms with Gasteiger partial charge in [-0.1, -0.05) is 43.7 Å². The average Bonchev–Trinajstić information content (AvgIpc) is 2.47. The van der Waals surface area contributed by atoms with E-state index in [-0.39, 0.29) is 5.41 Å². The molecule has 0 bridgehead atoms. The van der Waals surface area contributed by atoms with Crippen molar-refractivity contribution >= 4 is 5.97 Å². The SMILES string of the molecule is Cc1ccc(-c2nc3c(cc2C(=O)O)CCCC3(C)C)cc1. The minimum Gasteiger partial charge on any atom is -0.478 e. The van der Waals surface area contributed by atoms with E-state index in [4.69, 9.17) is 4.98 Å². The number of carbonyl (C=O) groups is 1. The number of pyridine rings is 1. The molecule has 1 aromatic heterocycles. The van der Waals surface area contributed by atoms with Crippen molar-refractivity contribution in [2.24, 2.45) is 0 Å². The van der Waals surface area contributed by atoms with E-state index in [1.807, 2.05) is 37.3 Å². The molecule has 0 fully saturated rings. The number of rotatable bonds is 2. The Balaban J connectivity index is 2.24. The number of hydrogen-bond acceptors (Lipinski definition) is 2. The molecule has 0 saturated carbocycles. The van der Waals surface area contributed by atoms with Crippen molar-refractivity contribution in [1.82, 2.24) is 4.98 Å². The van der Waals surface area contributed by atoms with E-state index in [0.29, 0.717) is 11.3 Å². The molecule has 0 atom stereocenters. The van der Waals surface area contributed by atoms with Gasteiger partial charge in [-0.3, -0.25) is 4.98 Å². The summed E-state index contributed by atoms with van der Waals surface area (Å²) in [6, 6.07) is 9.72. The molecule has 0 amide bonds. The normalized spacial score (nSPS) is 16.1. The van der Waals surface area contributed by atoms with Gasteiger partial charge in [0.2, 0.25) is 0 Å². The molecule has 0 unspecified atom stereocenters. The van der Waals surface area contributed by atoms with Crippen LogP contribution < -0.4 is 0 Å². The fraction of sp³-hybridized carbons (Fsp3) is 0.368. The van der Waals surface area contributed by atoms with Gasteiger partial charge in [0.25, 0.3) is 0 Å². The molecule has 0 aliphatic heterocycles. The minimum atomic E-state index is -0.908. The first-order chi connectivity index (χ1) is 10.4. The molecule has 3 rings (SSSR count). The molecule has 0 saturated heterocycles. The summed E-state index contributed by atoms with van der Waals surface area (Å²) >= 11 is 0. The molecule has 1 aliphatic rings. The van der Waals surface area contributed by atoms with Crippen LogP contribution in [0.4, 0.5) is 0 Å². The molecule has 22 heavy (non-hydrogen) atoms. The van der Waals surface area contributed by atoms with Gasteiger partial charge in [-0.2, -0.15) is 0 Å². The van der Waals surface area contributed by atoms with Crippen LogP contribution in [0.1, 0.15) is 53.9 Å². The van der Waals surface area contributed by atoms with E-state index in [1.54, 1.807) is 0 Å². The smallest absolute Gasteiger partial charge is 0.337 e. The maximum Gasteiger partial charge on any atom is 0.337 e. The molecule has 1 aromatic carbocycles. The van der Waals surface area contributed by atoms with Crippen LogP contribution in [0.5, 0.6) is 0 Å². The Kier molecular flexibility index (Phi) is 3.51. The van der Waals surface area contributed by atoms with Crippen molar-refractivity contribution in [1.29, 1.82) is 0 Å². The highest BCUT2D eigenvalue weighted by Crippen LogP contribution is 2.38. The molecule has 3 heteroatoms. The Morgan fingerprint density at radius 1 is 1.23 bits per heavy atom. The van der Waals surface area contributed by atoms with Crippen molar-refractivity contribution in [2.75, 3.05) is 0 Å². The van der Waals surface area contributed by atoms with Crippen LogP contribution in [0.3, 0.4) is 0 Å². The Labute approximate surface area is 131 Å². The van der Waals surface area contributed by atoms with Crippen LogP contribution >= 0.6 is 0 Å². The van der Waals surface area contributed by atoms with Crippen LogP contribution in [0, 0.1) is 6.92 Å². The van der Waals surface area contributed by atoms with Crippen LogP contribution in [0.25, 0.3) is 11.3 Å². The lowest BCUT2D eigenvalue weighted by atomic mass is 9.75. The molecule has 0 spiro atoms. The molecule has 0 radical (unpaired) electrons. The number of nitrogens with zero attached hydrogens (tertiary/aromatic N) is 1. The predicted molar refractivity (Wildman–Crippen MR) is 87.3 cm³/mol. The maximum absolute atomic E-state index is 11.7. The van der Waals surface area contributed by atoms with E-state index in [0.717, 1.165) is 41.6 Å². The second-order valence-electron chi connectivity index (χ2n) is 6.80. The van der Waals surface area contributed by atoms with Crippen molar-refractivity contribution < 1.29 is 9.90 Å². The van der Waals surface area contributed by atoms with Gasteiger partial charge < -0.3 is 5.11 Å². The minimum absolute atomic E-state index is 0.00403. The lowest BCUT2D eigenvalue weighted by molar-refractivity contribution is 0.0697. The highest BCUT2D eigenvalue weighted by molar-refractivity contribution is 5.95. The second-order valence-corrected chi connectivity index (χ2v) is 6.80. The fourth-order valence-corrected chi connectivity index (χ4v) is 3.27. The lowest BCUT2D eigenvalue weighted by Crippen LogP contribution is -2.26. The zero-order chi connectivity index (χ0) is 15.9. The Morgan fingerprint density at radius 2 is 1.91 bits per heavy atom. The zero-order valence-corrected chi connectivity index (χ0v) is 13.3. The number of aromatic carboxylic acids is 1. The highest BCUT2D eigenvalue weighted by Gasteiger charge is 2.31. The summed E-state index contributed by atoms with van der Waals surface area (Å²) in [6.07, 6.45) is 3.09. The standard InChI is InChI=1S/C19H21NO2/c1-12-6-8-13(9-7-12)16-15(18(21)22)11-14-5-4-10-19(2,3)17(14)20-16/h6-9,11H,4-5,10H2,1-3H3,(H,21,22). The molecular weight excluding hydrogens is 274 g/mol. The van der Waals surface area contributed by atoms with E-state index >= 15 is 0 Å².